The zero-order chi connectivity index (χ0) is 14.6. The molecule has 1 aromatic rings. The highest BCUT2D eigenvalue weighted by Crippen LogP contribution is 2.24. The predicted octanol–water partition coefficient (Wildman–Crippen LogP) is 1.85. The van der Waals surface area contributed by atoms with Gasteiger partial charge < -0.3 is 10.4 Å². The van der Waals surface area contributed by atoms with Gasteiger partial charge in [0.05, 0.1) is 11.5 Å². The van der Waals surface area contributed by atoms with E-state index in [1.54, 1.807) is 18.2 Å². The fraction of sp³-hybridized carbons (Fsp3) is 0.538. The van der Waals surface area contributed by atoms with E-state index in [9.17, 15) is 13.5 Å². The monoisotopic (exact) mass is 305 g/mol. The van der Waals surface area contributed by atoms with Crippen LogP contribution in [0.4, 0.5) is 0 Å². The molecule has 0 amide bonds. The van der Waals surface area contributed by atoms with E-state index in [2.05, 4.69) is 5.32 Å². The summed E-state index contributed by atoms with van der Waals surface area (Å²) in [6.07, 6.45) is 1.16. The molecular formula is C13H20ClNO3S. The Labute approximate surface area is 119 Å². The van der Waals surface area contributed by atoms with E-state index in [-0.39, 0.29) is 23.5 Å². The van der Waals surface area contributed by atoms with Gasteiger partial charge in [-0.05, 0) is 18.1 Å². The summed E-state index contributed by atoms with van der Waals surface area (Å²) in [7, 11) is -3.32. The lowest BCUT2D eigenvalue weighted by Gasteiger charge is -2.21. The topological polar surface area (TPSA) is 66.4 Å². The smallest absolute Gasteiger partial charge is 0.175 e. The van der Waals surface area contributed by atoms with Gasteiger partial charge in [0.2, 0.25) is 0 Å². The minimum absolute atomic E-state index is 0.00364. The summed E-state index contributed by atoms with van der Waals surface area (Å²) in [6.45, 7) is 4.28. The third-order valence-electron chi connectivity index (χ3n) is 3.02. The number of aliphatic hydroxyl groups excluding tert-OH is 1. The first kappa shape index (κ1) is 16.4. The Bertz CT molecular complexity index is 529. The molecule has 1 rings (SSSR count). The summed E-state index contributed by atoms with van der Waals surface area (Å²) in [5.74, 6) is 0.245. The molecule has 4 nitrogen and oxygen atoms in total. The Balaban J connectivity index is 3.01. The molecule has 0 aliphatic heterocycles. The average molecular weight is 306 g/mol. The zero-order valence-corrected chi connectivity index (χ0v) is 12.9. The molecule has 1 atom stereocenters. The van der Waals surface area contributed by atoms with E-state index >= 15 is 0 Å². The van der Waals surface area contributed by atoms with Gasteiger partial charge in [-0.3, -0.25) is 0 Å². The van der Waals surface area contributed by atoms with Gasteiger partial charge >= 0.3 is 0 Å². The highest BCUT2D eigenvalue weighted by molar-refractivity contribution is 7.90. The minimum Gasteiger partial charge on any atom is -0.395 e. The maximum atomic E-state index is 11.7. The van der Waals surface area contributed by atoms with Crippen molar-refractivity contribution in [2.45, 2.75) is 31.3 Å². The van der Waals surface area contributed by atoms with Crippen LogP contribution in [0.25, 0.3) is 0 Å². The molecule has 0 saturated carbocycles. The Morgan fingerprint density at radius 2 is 2.00 bits per heavy atom. The predicted molar refractivity (Wildman–Crippen MR) is 77.1 cm³/mol. The van der Waals surface area contributed by atoms with Crippen LogP contribution >= 0.6 is 11.6 Å². The van der Waals surface area contributed by atoms with Crippen LogP contribution in [0.3, 0.4) is 0 Å². The molecule has 1 aromatic carbocycles. The lowest BCUT2D eigenvalue weighted by Crippen LogP contribution is -2.36. The molecule has 0 unspecified atom stereocenters. The molecule has 0 saturated heterocycles. The van der Waals surface area contributed by atoms with Gasteiger partial charge in [-0.25, -0.2) is 8.42 Å². The summed E-state index contributed by atoms with van der Waals surface area (Å²) in [5.41, 5.74) is 0.547. The van der Waals surface area contributed by atoms with Gasteiger partial charge in [0.1, 0.15) is 0 Å². The molecular weight excluding hydrogens is 286 g/mol. The standard InChI is InChI=1S/C13H20ClNO3S/c1-9(2)12(8-16)15-7-10-11(14)5-4-6-13(10)19(3,17)18/h4-6,9,12,15-16H,7-8H2,1-3H3/t12-/m1/s1. The van der Waals surface area contributed by atoms with Crippen molar-refractivity contribution in [2.24, 2.45) is 5.92 Å². The van der Waals surface area contributed by atoms with E-state index in [4.69, 9.17) is 11.6 Å². The Morgan fingerprint density at radius 3 is 2.47 bits per heavy atom. The Kier molecular flexibility index (Phi) is 5.80. The van der Waals surface area contributed by atoms with Crippen LogP contribution < -0.4 is 5.32 Å². The molecule has 19 heavy (non-hydrogen) atoms. The second-order valence-electron chi connectivity index (χ2n) is 4.90. The van der Waals surface area contributed by atoms with Crippen molar-refractivity contribution in [3.05, 3.63) is 28.8 Å². The van der Waals surface area contributed by atoms with Gasteiger partial charge in [-0.1, -0.05) is 31.5 Å². The van der Waals surface area contributed by atoms with Crippen LogP contribution in [0.15, 0.2) is 23.1 Å². The maximum absolute atomic E-state index is 11.7. The summed E-state index contributed by atoms with van der Waals surface area (Å²) < 4.78 is 23.4. The van der Waals surface area contributed by atoms with Crippen molar-refractivity contribution in [1.82, 2.24) is 5.32 Å². The van der Waals surface area contributed by atoms with Crippen LogP contribution in [-0.2, 0) is 16.4 Å². The summed E-state index contributed by atoms with van der Waals surface area (Å²) >= 11 is 6.07. The fourth-order valence-corrected chi connectivity index (χ4v) is 3.05. The number of benzene rings is 1. The fourth-order valence-electron chi connectivity index (χ4n) is 1.80. The van der Waals surface area contributed by atoms with Gasteiger partial charge in [0.25, 0.3) is 0 Å². The third kappa shape index (κ3) is 4.45. The van der Waals surface area contributed by atoms with Crippen LogP contribution in [-0.4, -0.2) is 32.4 Å². The second-order valence-corrected chi connectivity index (χ2v) is 7.29. The molecule has 0 heterocycles. The first-order valence-electron chi connectivity index (χ1n) is 6.09. The van der Waals surface area contributed by atoms with Crippen molar-refractivity contribution >= 4 is 21.4 Å². The number of nitrogens with one attached hydrogen (secondary N) is 1. The number of halogens is 1. The van der Waals surface area contributed by atoms with Crippen molar-refractivity contribution in [2.75, 3.05) is 12.9 Å². The highest BCUT2D eigenvalue weighted by Gasteiger charge is 2.18. The van der Waals surface area contributed by atoms with E-state index in [1.807, 2.05) is 13.8 Å². The van der Waals surface area contributed by atoms with Crippen molar-refractivity contribution in [3.8, 4) is 0 Å². The minimum atomic E-state index is -3.32. The zero-order valence-electron chi connectivity index (χ0n) is 11.4. The second kappa shape index (κ2) is 6.70. The molecule has 0 bridgehead atoms. The molecule has 0 fully saturated rings. The van der Waals surface area contributed by atoms with Crippen molar-refractivity contribution in [1.29, 1.82) is 0 Å². The molecule has 108 valence electrons. The summed E-state index contributed by atoms with van der Waals surface area (Å²) in [6, 6.07) is 4.73. The van der Waals surface area contributed by atoms with Crippen molar-refractivity contribution in [3.63, 3.8) is 0 Å². The number of hydrogen-bond acceptors (Lipinski definition) is 4. The Morgan fingerprint density at radius 1 is 1.37 bits per heavy atom. The molecule has 0 aliphatic rings. The molecule has 0 spiro atoms. The molecule has 0 radical (unpaired) electrons. The van der Waals surface area contributed by atoms with E-state index in [0.29, 0.717) is 17.1 Å². The molecule has 2 N–H and O–H groups in total. The Hall–Kier alpha value is -0.620. The maximum Gasteiger partial charge on any atom is 0.175 e. The van der Waals surface area contributed by atoms with Gasteiger partial charge in [0.15, 0.2) is 9.84 Å². The lowest BCUT2D eigenvalue weighted by atomic mass is 10.1. The molecule has 0 aromatic heterocycles. The quantitative estimate of drug-likeness (QED) is 0.842. The third-order valence-corrected chi connectivity index (χ3v) is 4.55. The SMILES string of the molecule is CC(C)[C@@H](CO)NCc1c(Cl)cccc1S(C)(=O)=O. The van der Waals surface area contributed by atoms with Crippen LogP contribution in [0.1, 0.15) is 19.4 Å². The van der Waals surface area contributed by atoms with E-state index < -0.39 is 9.84 Å². The average Bonchev–Trinajstić information content (AvgIpc) is 2.29. The van der Waals surface area contributed by atoms with Gasteiger partial charge in [0, 0.05) is 29.4 Å². The number of aliphatic hydroxyl groups is 1. The highest BCUT2D eigenvalue weighted by atomic mass is 35.5. The van der Waals surface area contributed by atoms with E-state index in [0.717, 1.165) is 6.26 Å². The van der Waals surface area contributed by atoms with Gasteiger partial charge in [-0.2, -0.15) is 0 Å². The van der Waals surface area contributed by atoms with E-state index in [1.165, 1.54) is 0 Å². The van der Waals surface area contributed by atoms with Crippen LogP contribution in [0, 0.1) is 5.92 Å². The molecule has 6 heteroatoms. The number of hydrogen-bond donors (Lipinski definition) is 2. The summed E-state index contributed by atoms with van der Waals surface area (Å²) in [5, 5.41) is 12.8. The van der Waals surface area contributed by atoms with Crippen LogP contribution in [0.5, 0.6) is 0 Å². The normalized spacial score (nSPS) is 13.8. The van der Waals surface area contributed by atoms with Crippen LogP contribution in [0.2, 0.25) is 5.02 Å². The largest absolute Gasteiger partial charge is 0.395 e. The first-order valence-corrected chi connectivity index (χ1v) is 8.36. The van der Waals surface area contributed by atoms with Crippen molar-refractivity contribution < 1.29 is 13.5 Å². The summed E-state index contributed by atoms with van der Waals surface area (Å²) in [4.78, 5) is 0.230. The lowest BCUT2D eigenvalue weighted by molar-refractivity contribution is 0.210. The number of rotatable bonds is 6. The molecule has 0 aliphatic carbocycles. The number of sulfone groups is 1. The first-order chi connectivity index (χ1) is 8.77. The van der Waals surface area contributed by atoms with Gasteiger partial charge in [-0.15, -0.1) is 0 Å².